The molecule has 0 bridgehead atoms. The van der Waals surface area contributed by atoms with Crippen LogP contribution in [0.3, 0.4) is 0 Å². The molecule has 0 atom stereocenters. The third-order valence-corrected chi connectivity index (χ3v) is 4.90. The van der Waals surface area contributed by atoms with Crippen LogP contribution < -0.4 is 14.8 Å². The van der Waals surface area contributed by atoms with Crippen molar-refractivity contribution in [1.82, 2.24) is 15.3 Å². The summed E-state index contributed by atoms with van der Waals surface area (Å²) in [5.74, 6) is 1.47. The molecule has 0 saturated heterocycles. The summed E-state index contributed by atoms with van der Waals surface area (Å²) in [5, 5.41) is 2.95. The lowest BCUT2D eigenvalue weighted by Crippen LogP contribution is -2.22. The van der Waals surface area contributed by atoms with Gasteiger partial charge in [0.15, 0.2) is 11.5 Å². The molecule has 1 heterocycles. The SMILES string of the molecule is COc1ccccc1Oc1cc(-c2ccc(C(=O)NCc3cccc(C)c3)cc2)ncn1. The Morgan fingerprint density at radius 2 is 1.69 bits per heavy atom. The average molecular weight is 425 g/mol. The number of methoxy groups -OCH3 is 1. The third kappa shape index (κ3) is 5.10. The lowest BCUT2D eigenvalue weighted by molar-refractivity contribution is 0.0951. The van der Waals surface area contributed by atoms with Gasteiger partial charge < -0.3 is 14.8 Å². The second-order valence-electron chi connectivity index (χ2n) is 7.24. The number of ether oxygens (including phenoxy) is 2. The van der Waals surface area contributed by atoms with Gasteiger partial charge in [-0.25, -0.2) is 9.97 Å². The molecule has 0 saturated carbocycles. The summed E-state index contributed by atoms with van der Waals surface area (Å²) in [5.41, 5.74) is 4.36. The molecule has 0 aliphatic heterocycles. The Balaban J connectivity index is 1.44. The van der Waals surface area contributed by atoms with Crippen LogP contribution in [0.2, 0.25) is 0 Å². The molecule has 4 aromatic rings. The van der Waals surface area contributed by atoms with Crippen LogP contribution in [0, 0.1) is 6.92 Å². The zero-order valence-corrected chi connectivity index (χ0v) is 17.9. The van der Waals surface area contributed by atoms with Gasteiger partial charge in [-0.05, 0) is 36.8 Å². The molecule has 4 rings (SSSR count). The number of benzene rings is 3. The van der Waals surface area contributed by atoms with Crippen molar-refractivity contribution in [3.8, 4) is 28.6 Å². The number of aryl methyl sites for hydroxylation is 1. The molecule has 1 amide bonds. The van der Waals surface area contributed by atoms with E-state index in [0.29, 0.717) is 35.2 Å². The molecule has 0 fully saturated rings. The lowest BCUT2D eigenvalue weighted by Gasteiger charge is -2.10. The molecule has 0 aliphatic rings. The van der Waals surface area contributed by atoms with Crippen LogP contribution in [-0.2, 0) is 6.54 Å². The van der Waals surface area contributed by atoms with Crippen LogP contribution in [0.1, 0.15) is 21.5 Å². The van der Waals surface area contributed by atoms with Gasteiger partial charge >= 0.3 is 0 Å². The van der Waals surface area contributed by atoms with E-state index in [4.69, 9.17) is 9.47 Å². The number of carbonyl (C=O) groups is 1. The zero-order chi connectivity index (χ0) is 22.3. The molecule has 0 spiro atoms. The predicted octanol–water partition coefficient (Wildman–Crippen LogP) is 5.18. The minimum atomic E-state index is -0.124. The van der Waals surface area contributed by atoms with E-state index in [-0.39, 0.29) is 5.91 Å². The van der Waals surface area contributed by atoms with Gasteiger partial charge in [0.1, 0.15) is 6.33 Å². The first-order chi connectivity index (χ1) is 15.6. The second kappa shape index (κ2) is 9.75. The van der Waals surface area contributed by atoms with E-state index in [1.165, 1.54) is 11.9 Å². The van der Waals surface area contributed by atoms with Gasteiger partial charge in [0, 0.05) is 23.7 Å². The first kappa shape index (κ1) is 21.1. The van der Waals surface area contributed by atoms with Gasteiger partial charge in [0.05, 0.1) is 12.8 Å². The highest BCUT2D eigenvalue weighted by molar-refractivity contribution is 5.94. The summed E-state index contributed by atoms with van der Waals surface area (Å²) in [6, 6.07) is 24.5. The highest BCUT2D eigenvalue weighted by Crippen LogP contribution is 2.31. The molecule has 0 unspecified atom stereocenters. The van der Waals surface area contributed by atoms with E-state index in [2.05, 4.69) is 21.4 Å². The smallest absolute Gasteiger partial charge is 0.251 e. The molecule has 160 valence electrons. The molecule has 1 N–H and O–H groups in total. The van der Waals surface area contributed by atoms with Gasteiger partial charge in [-0.1, -0.05) is 54.1 Å². The molecule has 32 heavy (non-hydrogen) atoms. The van der Waals surface area contributed by atoms with Crippen LogP contribution >= 0.6 is 0 Å². The molecule has 1 aromatic heterocycles. The van der Waals surface area contributed by atoms with Crippen molar-refractivity contribution in [3.63, 3.8) is 0 Å². The normalized spacial score (nSPS) is 10.4. The predicted molar refractivity (Wildman–Crippen MR) is 123 cm³/mol. The van der Waals surface area contributed by atoms with Crippen molar-refractivity contribution in [1.29, 1.82) is 0 Å². The van der Waals surface area contributed by atoms with Crippen LogP contribution in [0.25, 0.3) is 11.3 Å². The summed E-state index contributed by atoms with van der Waals surface area (Å²) < 4.78 is 11.2. The van der Waals surface area contributed by atoms with Gasteiger partial charge in [-0.2, -0.15) is 0 Å². The molecular formula is C26H23N3O3. The molecule has 0 radical (unpaired) electrons. The highest BCUT2D eigenvalue weighted by Gasteiger charge is 2.10. The Bertz CT molecular complexity index is 1220. The van der Waals surface area contributed by atoms with Crippen LogP contribution in [-0.4, -0.2) is 23.0 Å². The standard InChI is InChI=1S/C26H23N3O3/c1-18-6-5-7-19(14-18)16-27-26(30)21-12-10-20(11-13-21)22-15-25(29-17-28-22)32-24-9-4-3-8-23(24)31-2/h3-15,17H,16H2,1-2H3,(H,27,30). The van der Waals surface area contributed by atoms with E-state index in [1.54, 1.807) is 25.3 Å². The lowest BCUT2D eigenvalue weighted by atomic mass is 10.1. The quantitative estimate of drug-likeness (QED) is 0.441. The van der Waals surface area contributed by atoms with E-state index in [0.717, 1.165) is 11.1 Å². The van der Waals surface area contributed by atoms with Crippen molar-refractivity contribution in [2.45, 2.75) is 13.5 Å². The molecule has 0 aliphatic carbocycles. The number of nitrogens with one attached hydrogen (secondary N) is 1. The number of para-hydroxylation sites is 2. The Hall–Kier alpha value is -4.19. The fourth-order valence-electron chi connectivity index (χ4n) is 3.27. The topological polar surface area (TPSA) is 73.3 Å². The highest BCUT2D eigenvalue weighted by atomic mass is 16.5. The van der Waals surface area contributed by atoms with Crippen molar-refractivity contribution in [2.75, 3.05) is 7.11 Å². The van der Waals surface area contributed by atoms with Crippen molar-refractivity contribution >= 4 is 5.91 Å². The van der Waals surface area contributed by atoms with Crippen molar-refractivity contribution < 1.29 is 14.3 Å². The third-order valence-electron chi connectivity index (χ3n) is 4.90. The van der Waals surface area contributed by atoms with Crippen molar-refractivity contribution in [3.05, 3.63) is 102 Å². The first-order valence-electron chi connectivity index (χ1n) is 10.2. The van der Waals surface area contributed by atoms with Crippen LogP contribution in [0.5, 0.6) is 17.4 Å². The monoisotopic (exact) mass is 425 g/mol. The maximum atomic E-state index is 12.5. The fourth-order valence-corrected chi connectivity index (χ4v) is 3.27. The fraction of sp³-hybridized carbons (Fsp3) is 0.115. The Morgan fingerprint density at radius 1 is 0.906 bits per heavy atom. The largest absolute Gasteiger partial charge is 0.493 e. The maximum absolute atomic E-state index is 12.5. The zero-order valence-electron chi connectivity index (χ0n) is 17.9. The van der Waals surface area contributed by atoms with E-state index < -0.39 is 0 Å². The summed E-state index contributed by atoms with van der Waals surface area (Å²) in [7, 11) is 1.59. The number of carbonyl (C=O) groups excluding carboxylic acids is 1. The van der Waals surface area contributed by atoms with Crippen LogP contribution in [0.4, 0.5) is 0 Å². The second-order valence-corrected chi connectivity index (χ2v) is 7.24. The van der Waals surface area contributed by atoms with E-state index in [1.807, 2.05) is 61.5 Å². The number of rotatable bonds is 7. The molecule has 3 aromatic carbocycles. The van der Waals surface area contributed by atoms with Crippen molar-refractivity contribution in [2.24, 2.45) is 0 Å². The van der Waals surface area contributed by atoms with Gasteiger partial charge in [0.25, 0.3) is 5.91 Å². The number of hydrogen-bond donors (Lipinski definition) is 1. The summed E-state index contributed by atoms with van der Waals surface area (Å²) in [6.45, 7) is 2.52. The number of hydrogen-bond acceptors (Lipinski definition) is 5. The summed E-state index contributed by atoms with van der Waals surface area (Å²) in [4.78, 5) is 21.0. The summed E-state index contributed by atoms with van der Waals surface area (Å²) in [6.07, 6.45) is 1.45. The minimum absolute atomic E-state index is 0.124. The Labute approximate surface area is 186 Å². The Kier molecular flexibility index (Phi) is 6.41. The number of aromatic nitrogens is 2. The molecule has 6 heteroatoms. The minimum Gasteiger partial charge on any atom is -0.493 e. The molecule has 6 nitrogen and oxygen atoms in total. The number of amides is 1. The average Bonchev–Trinajstić information content (AvgIpc) is 2.83. The van der Waals surface area contributed by atoms with Gasteiger partial charge in [-0.15, -0.1) is 0 Å². The van der Waals surface area contributed by atoms with E-state index in [9.17, 15) is 4.79 Å². The summed E-state index contributed by atoms with van der Waals surface area (Å²) >= 11 is 0. The number of nitrogens with zero attached hydrogens (tertiary/aromatic N) is 2. The van der Waals surface area contributed by atoms with E-state index >= 15 is 0 Å². The maximum Gasteiger partial charge on any atom is 0.251 e. The Morgan fingerprint density at radius 3 is 2.44 bits per heavy atom. The van der Waals surface area contributed by atoms with Gasteiger partial charge in [-0.3, -0.25) is 4.79 Å². The first-order valence-corrected chi connectivity index (χ1v) is 10.2. The van der Waals surface area contributed by atoms with Gasteiger partial charge in [0.2, 0.25) is 5.88 Å². The molecular weight excluding hydrogens is 402 g/mol. The van der Waals surface area contributed by atoms with Crippen LogP contribution in [0.15, 0.2) is 85.2 Å².